The predicted octanol–water partition coefficient (Wildman–Crippen LogP) is -1.79. The second kappa shape index (κ2) is 6.01. The Kier molecular flexibility index (Phi) is 5.68. The van der Waals surface area contributed by atoms with Gasteiger partial charge in [-0.25, -0.2) is 4.79 Å². The Morgan fingerprint density at radius 2 is 1.75 bits per heavy atom. The molecular weight excluding hydrogens is 247 g/mol. The van der Waals surface area contributed by atoms with Gasteiger partial charge in [0.2, 0.25) is 0 Å². The zero-order chi connectivity index (χ0) is 11.6. The maximum Gasteiger partial charge on any atom is 1.00 e. The van der Waals surface area contributed by atoms with Crippen LogP contribution in [0.1, 0.15) is 10.4 Å². The van der Waals surface area contributed by atoms with Crippen molar-refractivity contribution >= 4 is 17.3 Å². The van der Waals surface area contributed by atoms with Crippen molar-refractivity contribution in [1.29, 1.82) is 0 Å². The first-order valence-electron chi connectivity index (χ1n) is 3.60. The van der Waals surface area contributed by atoms with Crippen molar-refractivity contribution in [3.63, 3.8) is 0 Å². The minimum absolute atomic E-state index is 0. The number of carboxylic acid groups (broad SMARTS) is 1. The molecule has 1 aromatic rings. The molecule has 0 saturated heterocycles. The predicted molar refractivity (Wildman–Crippen MR) is 46.7 cm³/mol. The van der Waals surface area contributed by atoms with Gasteiger partial charge in [-0.2, -0.15) is 0 Å². The van der Waals surface area contributed by atoms with Crippen LogP contribution in [0.3, 0.4) is 0 Å². The van der Waals surface area contributed by atoms with Gasteiger partial charge in [0, 0.05) is 6.07 Å². The molecular formula is C7H4KN2O6+. The van der Waals surface area contributed by atoms with Crippen molar-refractivity contribution < 1.29 is 71.1 Å². The third-order valence-corrected chi connectivity index (χ3v) is 1.62. The van der Waals surface area contributed by atoms with E-state index in [-0.39, 0.29) is 51.4 Å². The second-order valence-electron chi connectivity index (χ2n) is 2.49. The van der Waals surface area contributed by atoms with Gasteiger partial charge in [0.1, 0.15) is 5.56 Å². The van der Waals surface area contributed by atoms with Gasteiger partial charge in [0.15, 0.2) is 0 Å². The Morgan fingerprint density at radius 1 is 1.19 bits per heavy atom. The van der Waals surface area contributed by atoms with Gasteiger partial charge in [0.05, 0.1) is 9.85 Å². The minimum atomic E-state index is -1.58. The molecule has 1 N–H and O–H groups in total. The van der Waals surface area contributed by atoms with Gasteiger partial charge < -0.3 is 5.11 Å². The van der Waals surface area contributed by atoms with Crippen LogP contribution >= 0.6 is 0 Å². The standard InChI is InChI=1S/C7H4N2O6.K/c10-7(11)4-2-1-3-5(8(12)13)6(4)9(14)15;/h1-3H,(H,10,11);/q;+1. The molecule has 0 unspecified atom stereocenters. The molecule has 0 aromatic heterocycles. The first kappa shape index (κ1) is 15.1. The van der Waals surface area contributed by atoms with Gasteiger partial charge in [0.25, 0.3) is 0 Å². The summed E-state index contributed by atoms with van der Waals surface area (Å²) in [5, 5.41) is 29.5. The largest absolute Gasteiger partial charge is 1.00 e. The zero-order valence-electron chi connectivity index (χ0n) is 8.11. The van der Waals surface area contributed by atoms with E-state index in [0.717, 1.165) is 18.2 Å². The smallest absolute Gasteiger partial charge is 0.477 e. The molecule has 0 aliphatic heterocycles. The van der Waals surface area contributed by atoms with Crippen LogP contribution in [0.5, 0.6) is 0 Å². The van der Waals surface area contributed by atoms with E-state index in [1.807, 2.05) is 0 Å². The number of aromatic carboxylic acids is 1. The van der Waals surface area contributed by atoms with Gasteiger partial charge in [-0.05, 0) is 6.07 Å². The maximum atomic E-state index is 10.6. The summed E-state index contributed by atoms with van der Waals surface area (Å²) in [7, 11) is 0. The maximum absolute atomic E-state index is 10.6. The van der Waals surface area contributed by atoms with Crippen molar-refractivity contribution in [2.75, 3.05) is 0 Å². The number of hydrogen-bond acceptors (Lipinski definition) is 5. The fourth-order valence-electron chi connectivity index (χ4n) is 1.04. The van der Waals surface area contributed by atoms with Crippen LogP contribution < -0.4 is 51.4 Å². The summed E-state index contributed by atoms with van der Waals surface area (Å²) in [6.07, 6.45) is 0. The summed E-state index contributed by atoms with van der Waals surface area (Å²) >= 11 is 0. The molecule has 9 heteroatoms. The quantitative estimate of drug-likeness (QED) is 0.384. The zero-order valence-corrected chi connectivity index (χ0v) is 11.2. The number of carboxylic acids is 1. The van der Waals surface area contributed by atoms with Crippen LogP contribution in [0.4, 0.5) is 11.4 Å². The third kappa shape index (κ3) is 3.06. The van der Waals surface area contributed by atoms with E-state index in [9.17, 15) is 25.0 Å². The molecule has 0 heterocycles. The topological polar surface area (TPSA) is 124 Å². The molecule has 0 aliphatic carbocycles. The number of nitro benzene ring substituents is 2. The summed E-state index contributed by atoms with van der Waals surface area (Å²) in [5.74, 6) is -1.58. The first-order valence-corrected chi connectivity index (χ1v) is 3.60. The number of nitrogens with zero attached hydrogens (tertiary/aromatic N) is 2. The molecule has 1 aromatic carbocycles. The number of nitro groups is 2. The van der Waals surface area contributed by atoms with Crippen molar-refractivity contribution in [3.8, 4) is 0 Å². The van der Waals surface area contributed by atoms with E-state index in [0.29, 0.717) is 0 Å². The average Bonchev–Trinajstić information content (AvgIpc) is 2.16. The average molecular weight is 251 g/mol. The van der Waals surface area contributed by atoms with Gasteiger partial charge in [-0.15, -0.1) is 0 Å². The summed E-state index contributed by atoms with van der Waals surface area (Å²) in [5.41, 5.74) is -2.54. The second-order valence-corrected chi connectivity index (χ2v) is 2.49. The Morgan fingerprint density at radius 3 is 2.12 bits per heavy atom. The van der Waals surface area contributed by atoms with E-state index >= 15 is 0 Å². The number of carbonyl (C=O) groups is 1. The van der Waals surface area contributed by atoms with E-state index in [2.05, 4.69) is 0 Å². The Labute approximate surface area is 131 Å². The molecule has 0 aliphatic rings. The van der Waals surface area contributed by atoms with E-state index in [4.69, 9.17) is 5.11 Å². The van der Waals surface area contributed by atoms with Gasteiger partial charge in [-0.3, -0.25) is 20.2 Å². The third-order valence-electron chi connectivity index (χ3n) is 1.62. The summed E-state index contributed by atoms with van der Waals surface area (Å²) in [6, 6.07) is 2.90. The molecule has 0 fully saturated rings. The van der Waals surface area contributed by atoms with E-state index in [1.165, 1.54) is 0 Å². The molecule has 16 heavy (non-hydrogen) atoms. The molecule has 0 saturated carbocycles. The summed E-state index contributed by atoms with van der Waals surface area (Å²) in [4.78, 5) is 29.4. The fraction of sp³-hybridized carbons (Fsp3) is 0. The molecule has 1 rings (SSSR count). The Balaban J connectivity index is 0.00000225. The van der Waals surface area contributed by atoms with Crippen LogP contribution in [0.2, 0.25) is 0 Å². The van der Waals surface area contributed by atoms with E-state index in [1.54, 1.807) is 0 Å². The molecule has 0 spiro atoms. The van der Waals surface area contributed by atoms with Crippen LogP contribution in [-0.2, 0) is 0 Å². The molecule has 0 bridgehead atoms. The fourth-order valence-corrected chi connectivity index (χ4v) is 1.04. The number of benzene rings is 1. The van der Waals surface area contributed by atoms with E-state index < -0.39 is 32.8 Å². The van der Waals surface area contributed by atoms with Crippen molar-refractivity contribution in [2.45, 2.75) is 0 Å². The van der Waals surface area contributed by atoms with Crippen LogP contribution in [0, 0.1) is 20.2 Å². The Hall–Kier alpha value is -0.874. The number of rotatable bonds is 3. The van der Waals surface area contributed by atoms with Crippen LogP contribution in [0.15, 0.2) is 18.2 Å². The van der Waals surface area contributed by atoms with Crippen molar-refractivity contribution in [1.82, 2.24) is 0 Å². The SMILES string of the molecule is O=C(O)c1cccc([N+](=O)[O-])c1[N+](=O)[O-].[K+]. The van der Waals surface area contributed by atoms with Crippen molar-refractivity contribution in [3.05, 3.63) is 44.0 Å². The Bertz CT molecular complexity index is 428. The van der Waals surface area contributed by atoms with Gasteiger partial charge >= 0.3 is 68.7 Å². The van der Waals surface area contributed by atoms with Crippen LogP contribution in [-0.4, -0.2) is 20.9 Å². The molecule has 0 amide bonds. The van der Waals surface area contributed by atoms with Crippen LogP contribution in [0.25, 0.3) is 0 Å². The normalized spacial score (nSPS) is 9.00. The van der Waals surface area contributed by atoms with Crippen molar-refractivity contribution in [2.24, 2.45) is 0 Å². The molecule has 78 valence electrons. The minimum Gasteiger partial charge on any atom is -0.477 e. The van der Waals surface area contributed by atoms with Gasteiger partial charge in [-0.1, -0.05) is 6.07 Å². The number of hydrogen-bond donors (Lipinski definition) is 1. The molecule has 8 nitrogen and oxygen atoms in total. The first-order chi connectivity index (χ1) is 6.95. The molecule has 0 atom stereocenters. The monoisotopic (exact) mass is 251 g/mol. The molecule has 0 radical (unpaired) electrons. The number of para-hydroxylation sites is 1. The summed E-state index contributed by atoms with van der Waals surface area (Å²) < 4.78 is 0. The summed E-state index contributed by atoms with van der Waals surface area (Å²) in [6.45, 7) is 0.